The first-order chi connectivity index (χ1) is 7.47. The number of halogens is 2. The number of para-hydroxylation sites is 1. The molecule has 1 aliphatic rings. The van der Waals surface area contributed by atoms with Crippen LogP contribution in [-0.4, -0.2) is 12.5 Å². The van der Waals surface area contributed by atoms with Crippen LogP contribution < -0.4 is 10.5 Å². The standard InChI is InChI=1S/C12H15F2NO/c1-2-16-10-6-4-3-5-9(10)11(15)7-12(13,14)8-11/h3-6H,2,7-8,15H2,1H3. The Labute approximate surface area is 93.4 Å². The molecule has 1 saturated carbocycles. The smallest absolute Gasteiger partial charge is 0.252 e. The van der Waals surface area contributed by atoms with Gasteiger partial charge < -0.3 is 10.5 Å². The van der Waals surface area contributed by atoms with Gasteiger partial charge in [-0.1, -0.05) is 18.2 Å². The van der Waals surface area contributed by atoms with Crippen LogP contribution in [0.3, 0.4) is 0 Å². The quantitative estimate of drug-likeness (QED) is 0.861. The molecule has 1 aromatic rings. The normalized spacial score (nSPS) is 21.2. The maximum absolute atomic E-state index is 12.9. The third-order valence-corrected chi connectivity index (χ3v) is 2.87. The second-order valence-corrected chi connectivity index (χ2v) is 4.29. The van der Waals surface area contributed by atoms with Crippen LogP contribution in [0.25, 0.3) is 0 Å². The van der Waals surface area contributed by atoms with Gasteiger partial charge in [0.15, 0.2) is 0 Å². The first kappa shape index (κ1) is 11.3. The molecule has 2 rings (SSSR count). The fourth-order valence-electron chi connectivity index (χ4n) is 2.22. The molecule has 88 valence electrons. The lowest BCUT2D eigenvalue weighted by Crippen LogP contribution is -2.55. The van der Waals surface area contributed by atoms with E-state index < -0.39 is 11.5 Å². The maximum atomic E-state index is 12.9. The Balaban J connectivity index is 2.27. The molecule has 1 aromatic carbocycles. The van der Waals surface area contributed by atoms with Crippen LogP contribution in [0, 0.1) is 0 Å². The van der Waals surface area contributed by atoms with Crippen molar-refractivity contribution in [2.75, 3.05) is 6.61 Å². The number of ether oxygens (including phenoxy) is 1. The van der Waals surface area contributed by atoms with Crippen molar-refractivity contribution in [2.24, 2.45) is 5.73 Å². The van der Waals surface area contributed by atoms with E-state index in [9.17, 15) is 8.78 Å². The molecule has 16 heavy (non-hydrogen) atoms. The summed E-state index contributed by atoms with van der Waals surface area (Å²) in [5.74, 6) is -2.02. The molecule has 0 heterocycles. The highest BCUT2D eigenvalue weighted by atomic mass is 19.3. The van der Waals surface area contributed by atoms with E-state index in [4.69, 9.17) is 10.5 Å². The number of benzene rings is 1. The van der Waals surface area contributed by atoms with E-state index in [1.165, 1.54) is 0 Å². The van der Waals surface area contributed by atoms with E-state index in [-0.39, 0.29) is 12.8 Å². The molecule has 4 heteroatoms. The van der Waals surface area contributed by atoms with Gasteiger partial charge in [0.2, 0.25) is 0 Å². The highest BCUT2D eigenvalue weighted by Crippen LogP contribution is 2.51. The van der Waals surface area contributed by atoms with E-state index in [1.807, 2.05) is 13.0 Å². The van der Waals surface area contributed by atoms with E-state index in [1.54, 1.807) is 18.2 Å². The molecule has 0 aromatic heterocycles. The Kier molecular flexibility index (Phi) is 2.62. The van der Waals surface area contributed by atoms with Gasteiger partial charge in [-0.25, -0.2) is 8.78 Å². The summed E-state index contributed by atoms with van der Waals surface area (Å²) in [6.45, 7) is 2.36. The van der Waals surface area contributed by atoms with Crippen LogP contribution in [0.1, 0.15) is 25.3 Å². The molecule has 0 amide bonds. The molecule has 0 spiro atoms. The summed E-state index contributed by atoms with van der Waals surface area (Å²) < 4.78 is 31.2. The predicted molar refractivity (Wildman–Crippen MR) is 57.7 cm³/mol. The van der Waals surface area contributed by atoms with Crippen molar-refractivity contribution in [1.29, 1.82) is 0 Å². The van der Waals surface area contributed by atoms with Gasteiger partial charge in [0.05, 0.1) is 12.1 Å². The van der Waals surface area contributed by atoms with Gasteiger partial charge in [0.25, 0.3) is 5.92 Å². The van der Waals surface area contributed by atoms with Crippen LogP contribution in [0.2, 0.25) is 0 Å². The van der Waals surface area contributed by atoms with Crippen molar-refractivity contribution in [1.82, 2.24) is 0 Å². The van der Waals surface area contributed by atoms with Gasteiger partial charge in [0.1, 0.15) is 5.75 Å². The van der Waals surface area contributed by atoms with Crippen LogP contribution >= 0.6 is 0 Å². The largest absolute Gasteiger partial charge is 0.494 e. The van der Waals surface area contributed by atoms with Gasteiger partial charge in [-0.3, -0.25) is 0 Å². The lowest BCUT2D eigenvalue weighted by Gasteiger charge is -2.45. The molecule has 0 bridgehead atoms. The second-order valence-electron chi connectivity index (χ2n) is 4.29. The molecule has 2 nitrogen and oxygen atoms in total. The van der Waals surface area contributed by atoms with E-state index in [0.29, 0.717) is 17.9 Å². The van der Waals surface area contributed by atoms with Crippen LogP contribution in [-0.2, 0) is 5.54 Å². The van der Waals surface area contributed by atoms with Crippen molar-refractivity contribution < 1.29 is 13.5 Å². The summed E-state index contributed by atoms with van der Waals surface area (Å²) >= 11 is 0. The van der Waals surface area contributed by atoms with Gasteiger partial charge >= 0.3 is 0 Å². The minimum absolute atomic E-state index is 0.302. The second kappa shape index (κ2) is 3.70. The number of rotatable bonds is 3. The van der Waals surface area contributed by atoms with E-state index in [2.05, 4.69) is 0 Å². The molecule has 0 saturated heterocycles. The predicted octanol–water partition coefficient (Wildman–Crippen LogP) is 2.67. The number of alkyl halides is 2. The summed E-state index contributed by atoms with van der Waals surface area (Å²) in [6.07, 6.45) is -0.603. The fraction of sp³-hybridized carbons (Fsp3) is 0.500. The summed E-state index contributed by atoms with van der Waals surface area (Å²) in [7, 11) is 0. The Hall–Kier alpha value is -1.16. The third-order valence-electron chi connectivity index (χ3n) is 2.87. The van der Waals surface area contributed by atoms with Gasteiger partial charge in [0, 0.05) is 18.4 Å². The molecule has 0 aliphatic heterocycles. The molecule has 2 N–H and O–H groups in total. The van der Waals surface area contributed by atoms with E-state index >= 15 is 0 Å². The van der Waals surface area contributed by atoms with Gasteiger partial charge in [-0.15, -0.1) is 0 Å². The summed E-state index contributed by atoms with van der Waals surface area (Å²) in [4.78, 5) is 0. The zero-order valence-corrected chi connectivity index (χ0v) is 9.17. The minimum atomic E-state index is -2.63. The van der Waals surface area contributed by atoms with Gasteiger partial charge in [-0.2, -0.15) is 0 Å². The minimum Gasteiger partial charge on any atom is -0.494 e. The molecule has 0 atom stereocenters. The number of hydrogen-bond donors (Lipinski definition) is 1. The highest BCUT2D eigenvalue weighted by molar-refractivity contribution is 5.41. The number of hydrogen-bond acceptors (Lipinski definition) is 2. The van der Waals surface area contributed by atoms with E-state index in [0.717, 1.165) is 0 Å². The molecule has 1 aliphatic carbocycles. The van der Waals surface area contributed by atoms with Crippen molar-refractivity contribution >= 4 is 0 Å². The lowest BCUT2D eigenvalue weighted by molar-refractivity contribution is -0.125. The molecule has 1 fully saturated rings. The van der Waals surface area contributed by atoms with Gasteiger partial charge in [-0.05, 0) is 13.0 Å². The fourth-order valence-corrected chi connectivity index (χ4v) is 2.22. The monoisotopic (exact) mass is 227 g/mol. The zero-order valence-electron chi connectivity index (χ0n) is 9.17. The van der Waals surface area contributed by atoms with Crippen molar-refractivity contribution in [3.05, 3.63) is 29.8 Å². The van der Waals surface area contributed by atoms with Crippen molar-refractivity contribution in [3.8, 4) is 5.75 Å². The van der Waals surface area contributed by atoms with Crippen LogP contribution in [0.15, 0.2) is 24.3 Å². The summed E-state index contributed by atoms with van der Waals surface area (Å²) in [6, 6.07) is 7.14. The Morgan fingerprint density at radius 2 is 1.94 bits per heavy atom. The average Bonchev–Trinajstić information content (AvgIpc) is 2.15. The summed E-state index contributed by atoms with van der Waals surface area (Å²) in [5, 5.41) is 0. The van der Waals surface area contributed by atoms with Crippen molar-refractivity contribution in [3.63, 3.8) is 0 Å². The highest BCUT2D eigenvalue weighted by Gasteiger charge is 2.56. The SMILES string of the molecule is CCOc1ccccc1C1(N)CC(F)(F)C1. The van der Waals surface area contributed by atoms with Crippen LogP contribution in [0.4, 0.5) is 8.78 Å². The molecule has 0 radical (unpaired) electrons. The first-order valence-electron chi connectivity index (χ1n) is 5.36. The Bertz CT molecular complexity index is 384. The average molecular weight is 227 g/mol. The summed E-state index contributed by atoms with van der Waals surface area (Å²) in [5.41, 5.74) is 5.72. The molecular weight excluding hydrogens is 212 g/mol. The molecular formula is C12H15F2NO. The number of nitrogens with two attached hydrogens (primary N) is 1. The van der Waals surface area contributed by atoms with Crippen molar-refractivity contribution in [2.45, 2.75) is 31.2 Å². The van der Waals surface area contributed by atoms with Crippen LogP contribution in [0.5, 0.6) is 5.75 Å². The first-order valence-corrected chi connectivity index (χ1v) is 5.36. The maximum Gasteiger partial charge on any atom is 0.252 e. The lowest BCUT2D eigenvalue weighted by atomic mass is 9.69. The Morgan fingerprint density at radius 1 is 1.31 bits per heavy atom. The molecule has 0 unspecified atom stereocenters. The zero-order chi connectivity index (χ0) is 11.8. The topological polar surface area (TPSA) is 35.2 Å². The third kappa shape index (κ3) is 1.89. The Morgan fingerprint density at radius 3 is 2.50 bits per heavy atom.